The molecule has 270 valence electrons. The van der Waals surface area contributed by atoms with Crippen LogP contribution in [0.15, 0.2) is 29.7 Å². The third-order valence-corrected chi connectivity index (χ3v) is 9.13. The van der Waals surface area contributed by atoms with Crippen LogP contribution in [0.2, 0.25) is 0 Å². The molecule has 19 nitrogen and oxygen atoms in total. The van der Waals surface area contributed by atoms with Crippen molar-refractivity contribution in [2.45, 2.75) is 89.4 Å². The second-order valence-corrected chi connectivity index (χ2v) is 13.5. The van der Waals surface area contributed by atoms with Crippen LogP contribution in [0.4, 0.5) is 16.0 Å². The summed E-state index contributed by atoms with van der Waals surface area (Å²) in [6, 6.07) is 1.26. The zero-order valence-electron chi connectivity index (χ0n) is 27.5. The second kappa shape index (κ2) is 15.1. The maximum atomic E-state index is 15.9. The molecule has 0 bridgehead atoms. The molecule has 0 aliphatic carbocycles. The lowest BCUT2D eigenvalue weighted by Gasteiger charge is -2.25. The average molecular weight is 714 g/mol. The summed E-state index contributed by atoms with van der Waals surface area (Å²) in [4.78, 5) is 52.5. The van der Waals surface area contributed by atoms with Crippen molar-refractivity contribution in [1.82, 2.24) is 34.4 Å². The van der Waals surface area contributed by atoms with Crippen LogP contribution in [-0.4, -0.2) is 103 Å². The van der Waals surface area contributed by atoms with Crippen molar-refractivity contribution in [3.05, 3.63) is 35.4 Å². The molecule has 5 rings (SSSR count). The number of phosphoric ester groups is 1. The summed E-state index contributed by atoms with van der Waals surface area (Å²) in [5.74, 6) is -0.975. The molecule has 2 saturated heterocycles. The molecule has 9 atom stereocenters. The lowest BCUT2D eigenvalue weighted by Crippen LogP contribution is -2.42. The normalized spacial score (nSPS) is 28.4. The number of hydrogen-bond acceptors (Lipinski definition) is 15. The van der Waals surface area contributed by atoms with Crippen LogP contribution in [0.3, 0.4) is 0 Å². The number of alkyl halides is 1. The Hall–Kier alpha value is -3.62. The van der Waals surface area contributed by atoms with Crippen LogP contribution in [0, 0.1) is 5.92 Å². The number of aromatic nitrogens is 6. The highest BCUT2D eigenvalue weighted by Gasteiger charge is 2.51. The first kappa shape index (κ1) is 36.7. The minimum atomic E-state index is -4.80. The number of hydrogen-bond donors (Lipinski definition) is 4. The van der Waals surface area contributed by atoms with Crippen LogP contribution in [0.1, 0.15) is 46.6 Å². The number of nitrogens with zero attached hydrogens (tertiary/aromatic N) is 6. The molecule has 3 aromatic rings. The summed E-state index contributed by atoms with van der Waals surface area (Å²) >= 11 is 0. The van der Waals surface area contributed by atoms with Gasteiger partial charge in [-0.25, -0.2) is 28.7 Å². The van der Waals surface area contributed by atoms with Gasteiger partial charge in [-0.3, -0.25) is 23.0 Å². The number of nitrogens with one attached hydrogen (secondary N) is 1. The van der Waals surface area contributed by atoms with Crippen LogP contribution in [0.5, 0.6) is 0 Å². The molecule has 0 radical (unpaired) electrons. The van der Waals surface area contributed by atoms with Gasteiger partial charge in [-0.05, 0) is 33.8 Å². The zero-order valence-corrected chi connectivity index (χ0v) is 28.4. The van der Waals surface area contributed by atoms with Gasteiger partial charge < -0.3 is 40.6 Å². The molecule has 2 aliphatic heterocycles. The van der Waals surface area contributed by atoms with Gasteiger partial charge >= 0.3 is 13.5 Å². The predicted octanol–water partition coefficient (Wildman–Crippen LogP) is 0.854. The Morgan fingerprint density at radius 3 is 2.51 bits per heavy atom. The molecule has 0 spiro atoms. The summed E-state index contributed by atoms with van der Waals surface area (Å²) in [6.07, 6.45) is -5.93. The first-order valence-electron chi connectivity index (χ1n) is 15.5. The highest BCUT2D eigenvalue weighted by atomic mass is 31.2. The molecule has 3 aromatic heterocycles. The van der Waals surface area contributed by atoms with E-state index in [0.717, 1.165) is 4.57 Å². The molecule has 49 heavy (non-hydrogen) atoms. The van der Waals surface area contributed by atoms with Gasteiger partial charge in [0.1, 0.15) is 36.0 Å². The maximum absolute atomic E-state index is 15.9. The number of fused-ring (bicyclic) bond motifs is 1. The number of imidazole rings is 1. The number of halogens is 1. The highest BCUT2D eigenvalue weighted by Crippen LogP contribution is 2.50. The number of nitrogen functional groups attached to an aromatic ring is 2. The average Bonchev–Trinajstić information content (AvgIpc) is 3.68. The third kappa shape index (κ3) is 8.24. The van der Waals surface area contributed by atoms with Gasteiger partial charge in [0.15, 0.2) is 30.1 Å². The number of amides is 1. The minimum Gasteiger partial charge on any atom is -0.383 e. The van der Waals surface area contributed by atoms with Crippen molar-refractivity contribution in [3.8, 4) is 0 Å². The molecule has 1 amide bonds. The number of rotatable bonds is 14. The highest BCUT2D eigenvalue weighted by molar-refractivity contribution is 7.47. The van der Waals surface area contributed by atoms with Crippen molar-refractivity contribution < 1.29 is 46.6 Å². The van der Waals surface area contributed by atoms with Gasteiger partial charge in [0.05, 0.1) is 31.2 Å². The number of ether oxygens (including phenoxy) is 4. The summed E-state index contributed by atoms with van der Waals surface area (Å²) < 4.78 is 65.1. The Labute approximate surface area is 280 Å². The Bertz CT molecular complexity index is 1730. The molecule has 2 fully saturated rings. The predicted molar refractivity (Wildman–Crippen MR) is 169 cm³/mol. The molecule has 2 aliphatic rings. The molecular formula is C28H41FN9O10P. The van der Waals surface area contributed by atoms with Gasteiger partial charge in [-0.15, -0.1) is 0 Å². The third-order valence-electron chi connectivity index (χ3n) is 7.94. The van der Waals surface area contributed by atoms with Gasteiger partial charge in [0, 0.05) is 32.2 Å². The first-order chi connectivity index (χ1) is 23.2. The van der Waals surface area contributed by atoms with E-state index in [1.165, 1.54) is 45.9 Å². The fraction of sp³-hybridized carbons (Fsp3) is 0.643. The van der Waals surface area contributed by atoms with E-state index in [9.17, 15) is 19.0 Å². The first-order valence-corrected chi connectivity index (χ1v) is 17.0. The van der Waals surface area contributed by atoms with E-state index in [0.29, 0.717) is 11.2 Å². The topological polar surface area (TPSA) is 252 Å². The fourth-order valence-electron chi connectivity index (χ4n) is 5.82. The van der Waals surface area contributed by atoms with Crippen molar-refractivity contribution in [2.75, 3.05) is 31.7 Å². The number of anilines is 2. The fourth-order valence-corrected chi connectivity index (χ4v) is 6.97. The van der Waals surface area contributed by atoms with Crippen molar-refractivity contribution in [2.24, 2.45) is 5.92 Å². The molecular weight excluding hydrogens is 672 g/mol. The molecule has 1 unspecified atom stereocenters. The molecule has 0 aromatic carbocycles. The maximum Gasteiger partial charge on any atom is 0.472 e. The van der Waals surface area contributed by atoms with Crippen LogP contribution < -0.4 is 22.5 Å². The lowest BCUT2D eigenvalue weighted by molar-refractivity contribution is -0.124. The number of nitrogens with two attached hydrogens (primary N) is 2. The second-order valence-electron chi connectivity index (χ2n) is 12.1. The standard InChI is InChI=1S/C28H41FN9O10P/c1-13(2)44-10-17-15(22(43-5)27(46-17)38-12-35-21-24(31)33-11-34-25(21)38)8-19(39)32-9-16-23(48-49(41,42)47-14(3)4)20(29)26(45-16)37-7-6-18(30)36-28(37)40/h6-7,11-17,20,22-23,26-27H,8-10H2,1-5H3,(H,32,39)(H,41,42)(H2,30,36,40)(H2,31,33,34)/t15-,16-,17-,20-,22-,23-,26-,27-/m1/s1. The number of carbonyl (C=O) groups excluding carboxylic acids is 1. The number of methoxy groups -OCH3 is 1. The number of carbonyl (C=O) groups is 1. The summed E-state index contributed by atoms with van der Waals surface area (Å²) in [5.41, 5.74) is 11.4. The molecule has 0 saturated carbocycles. The zero-order chi connectivity index (χ0) is 35.6. The molecule has 5 heterocycles. The van der Waals surface area contributed by atoms with Gasteiger partial charge in [-0.2, -0.15) is 4.98 Å². The van der Waals surface area contributed by atoms with Crippen molar-refractivity contribution in [3.63, 3.8) is 0 Å². The summed E-state index contributed by atoms with van der Waals surface area (Å²) in [6.45, 7) is 6.48. The summed E-state index contributed by atoms with van der Waals surface area (Å²) in [7, 11) is -3.31. The van der Waals surface area contributed by atoms with Crippen LogP contribution in [-0.2, 0) is 37.4 Å². The molecule has 6 N–H and O–H groups in total. The van der Waals surface area contributed by atoms with E-state index >= 15 is 4.39 Å². The Balaban J connectivity index is 1.34. The van der Waals surface area contributed by atoms with Gasteiger partial charge in [0.2, 0.25) is 5.91 Å². The van der Waals surface area contributed by atoms with Crippen molar-refractivity contribution >= 4 is 36.5 Å². The minimum absolute atomic E-state index is 0.0975. The van der Waals surface area contributed by atoms with E-state index in [-0.39, 0.29) is 37.3 Å². The van der Waals surface area contributed by atoms with E-state index < -0.39 is 74.5 Å². The Morgan fingerprint density at radius 1 is 1.10 bits per heavy atom. The Kier molecular flexibility index (Phi) is 11.3. The SMILES string of the molecule is CO[C@@H]1[C@H](CC(=O)NC[C@H]2O[C@@H](n3ccc(N)nc3=O)[C@H](F)[C@@H]2OP(=O)(O)OC(C)C)[C@@H](COC(C)C)O[C@H]1n1cnc2c(N)ncnc21. The lowest BCUT2D eigenvalue weighted by atomic mass is 9.93. The monoisotopic (exact) mass is 713 g/mol. The number of phosphoric acid groups is 1. The van der Waals surface area contributed by atoms with Crippen LogP contribution >= 0.6 is 7.82 Å². The van der Waals surface area contributed by atoms with E-state index in [4.69, 9.17) is 39.5 Å². The van der Waals surface area contributed by atoms with Gasteiger partial charge in [0.25, 0.3) is 0 Å². The van der Waals surface area contributed by atoms with E-state index in [1.807, 2.05) is 13.8 Å². The summed E-state index contributed by atoms with van der Waals surface area (Å²) in [5, 5.41) is 2.69. The van der Waals surface area contributed by atoms with E-state index in [1.54, 1.807) is 4.57 Å². The largest absolute Gasteiger partial charge is 0.472 e. The van der Waals surface area contributed by atoms with E-state index in [2.05, 4.69) is 25.3 Å². The van der Waals surface area contributed by atoms with Crippen LogP contribution in [0.25, 0.3) is 11.2 Å². The quantitative estimate of drug-likeness (QED) is 0.169. The molecule has 21 heteroatoms. The Morgan fingerprint density at radius 2 is 1.84 bits per heavy atom. The smallest absolute Gasteiger partial charge is 0.383 e. The van der Waals surface area contributed by atoms with Crippen molar-refractivity contribution in [1.29, 1.82) is 0 Å². The van der Waals surface area contributed by atoms with Gasteiger partial charge in [-0.1, -0.05) is 0 Å².